The Labute approximate surface area is 340 Å². The Morgan fingerprint density at radius 1 is 0.421 bits per heavy atom. The van der Waals surface area contributed by atoms with Crippen molar-refractivity contribution in [2.24, 2.45) is 11.3 Å². The molecule has 0 radical (unpaired) electrons. The summed E-state index contributed by atoms with van der Waals surface area (Å²) in [4.78, 5) is 4.79. The van der Waals surface area contributed by atoms with E-state index >= 15 is 0 Å². The van der Waals surface area contributed by atoms with Crippen LogP contribution in [-0.4, -0.2) is 0 Å². The van der Waals surface area contributed by atoms with E-state index in [9.17, 15) is 0 Å². The molecule has 0 bridgehead atoms. The molecule has 0 aliphatic heterocycles. The molecule has 2 heteroatoms. The van der Waals surface area contributed by atoms with Gasteiger partial charge in [-0.2, -0.15) is 0 Å². The molecule has 7 aromatic rings. The molecule has 0 unspecified atom stereocenters. The van der Waals surface area contributed by atoms with Gasteiger partial charge in [0, 0.05) is 45.0 Å². The first-order valence-corrected chi connectivity index (χ1v) is 20.8. The maximum Gasteiger partial charge on any atom is 0.0465 e. The number of rotatable bonds is 8. The number of fused-ring (bicyclic) bond motifs is 3. The van der Waals surface area contributed by atoms with Crippen LogP contribution >= 0.6 is 0 Å². The quantitative estimate of drug-likeness (QED) is 0.153. The zero-order chi connectivity index (χ0) is 39.2. The van der Waals surface area contributed by atoms with Crippen LogP contribution in [0.25, 0.3) is 11.1 Å². The Kier molecular flexibility index (Phi) is 9.40. The van der Waals surface area contributed by atoms with Crippen LogP contribution in [0.2, 0.25) is 0 Å². The van der Waals surface area contributed by atoms with Gasteiger partial charge in [0.2, 0.25) is 0 Å². The summed E-state index contributed by atoms with van der Waals surface area (Å²) >= 11 is 0. The fourth-order valence-electron chi connectivity index (χ4n) is 10.0. The summed E-state index contributed by atoms with van der Waals surface area (Å²) < 4.78 is 0. The number of benzene rings is 7. The van der Waals surface area contributed by atoms with Crippen molar-refractivity contribution in [2.75, 3.05) is 9.80 Å². The standard InChI is InChI=1S/C55H54N2/c1-53(2,3)40-35-37-55(38-36-40,41-25-29-46(30-26-41)56(43-17-9-6-10-18-43)44-19-11-7-12-20-44)42-27-31-47(32-28-42)57(45-21-13-8-14-22-45)48-33-34-50-49-23-15-16-24-51(49)54(4,5)52(50)39-48/h6-34,39-40H,35-38H2,1-5H3. The molecule has 0 aromatic heterocycles. The molecule has 57 heavy (non-hydrogen) atoms. The molecule has 284 valence electrons. The third-order valence-electron chi connectivity index (χ3n) is 13.3. The highest BCUT2D eigenvalue weighted by molar-refractivity contribution is 5.85. The first-order valence-electron chi connectivity index (χ1n) is 20.8. The van der Waals surface area contributed by atoms with Crippen molar-refractivity contribution in [3.05, 3.63) is 204 Å². The summed E-state index contributed by atoms with van der Waals surface area (Å²) in [7, 11) is 0. The summed E-state index contributed by atoms with van der Waals surface area (Å²) in [6.45, 7) is 12.0. The summed E-state index contributed by atoms with van der Waals surface area (Å²) in [6.07, 6.45) is 4.71. The van der Waals surface area contributed by atoms with E-state index < -0.39 is 0 Å². The largest absolute Gasteiger partial charge is 0.311 e. The lowest BCUT2D eigenvalue weighted by molar-refractivity contribution is 0.146. The number of anilines is 6. The van der Waals surface area contributed by atoms with Crippen molar-refractivity contribution in [1.82, 2.24) is 0 Å². The molecular weight excluding hydrogens is 689 g/mol. The Balaban J connectivity index is 1.10. The second-order valence-electron chi connectivity index (χ2n) is 17.9. The molecule has 1 saturated carbocycles. The summed E-state index contributed by atoms with van der Waals surface area (Å²) in [5.74, 6) is 0.708. The summed E-state index contributed by atoms with van der Waals surface area (Å²) in [6, 6.07) is 67.4. The van der Waals surface area contributed by atoms with Gasteiger partial charge in [-0.05, 0) is 143 Å². The van der Waals surface area contributed by atoms with E-state index in [-0.39, 0.29) is 10.8 Å². The first kappa shape index (κ1) is 36.8. The highest BCUT2D eigenvalue weighted by Crippen LogP contribution is 2.53. The van der Waals surface area contributed by atoms with Crippen LogP contribution in [-0.2, 0) is 10.8 Å². The molecule has 0 spiro atoms. The Morgan fingerprint density at radius 2 is 0.807 bits per heavy atom. The zero-order valence-corrected chi connectivity index (χ0v) is 34.1. The Hall–Kier alpha value is -5.86. The summed E-state index contributed by atoms with van der Waals surface area (Å²) in [5.41, 5.74) is 15.5. The SMILES string of the molecule is CC1(C)c2ccccc2-c2ccc(N(c3ccccc3)c3ccc(C4(c5ccc(N(c6ccccc6)c6ccccc6)cc5)CCC(C(C)(C)C)CC4)cc3)cc21. The van der Waals surface area contributed by atoms with Gasteiger partial charge in [-0.15, -0.1) is 0 Å². The zero-order valence-electron chi connectivity index (χ0n) is 34.1. The molecule has 7 aromatic carbocycles. The molecule has 2 nitrogen and oxygen atoms in total. The molecule has 0 amide bonds. The van der Waals surface area contributed by atoms with Crippen molar-refractivity contribution in [3.63, 3.8) is 0 Å². The maximum atomic E-state index is 2.43. The van der Waals surface area contributed by atoms with Gasteiger partial charge in [-0.1, -0.05) is 144 Å². The summed E-state index contributed by atoms with van der Waals surface area (Å²) in [5, 5.41) is 0. The molecule has 0 N–H and O–H groups in total. The van der Waals surface area contributed by atoms with Gasteiger partial charge in [0.25, 0.3) is 0 Å². The third-order valence-corrected chi connectivity index (χ3v) is 13.3. The van der Waals surface area contributed by atoms with E-state index in [1.165, 1.54) is 63.3 Å². The minimum Gasteiger partial charge on any atom is -0.311 e. The average molecular weight is 743 g/mol. The van der Waals surface area contributed by atoms with Gasteiger partial charge in [-0.25, -0.2) is 0 Å². The van der Waals surface area contributed by atoms with Crippen LogP contribution in [0.5, 0.6) is 0 Å². The molecule has 0 atom stereocenters. The number of nitrogens with zero attached hydrogens (tertiary/aromatic N) is 2. The van der Waals surface area contributed by atoms with E-state index in [4.69, 9.17) is 0 Å². The Bertz CT molecular complexity index is 2410. The average Bonchev–Trinajstić information content (AvgIpc) is 3.48. The smallest absolute Gasteiger partial charge is 0.0465 e. The fourth-order valence-corrected chi connectivity index (χ4v) is 10.0. The van der Waals surface area contributed by atoms with Gasteiger partial charge in [-0.3, -0.25) is 0 Å². The monoisotopic (exact) mass is 742 g/mol. The number of para-hydroxylation sites is 3. The topological polar surface area (TPSA) is 6.48 Å². The van der Waals surface area contributed by atoms with Crippen LogP contribution in [0, 0.1) is 11.3 Å². The highest BCUT2D eigenvalue weighted by Gasteiger charge is 2.41. The van der Waals surface area contributed by atoms with Gasteiger partial charge < -0.3 is 9.80 Å². The van der Waals surface area contributed by atoms with Gasteiger partial charge >= 0.3 is 0 Å². The van der Waals surface area contributed by atoms with E-state index in [0.717, 1.165) is 29.9 Å². The number of hydrogen-bond donors (Lipinski definition) is 0. The molecule has 0 heterocycles. The van der Waals surface area contributed by atoms with E-state index in [1.807, 2.05) is 0 Å². The van der Waals surface area contributed by atoms with Crippen LogP contribution in [0.3, 0.4) is 0 Å². The minimum atomic E-state index is -0.0683. The predicted molar refractivity (Wildman–Crippen MR) is 242 cm³/mol. The molecule has 0 saturated heterocycles. The van der Waals surface area contributed by atoms with Gasteiger partial charge in [0.1, 0.15) is 0 Å². The van der Waals surface area contributed by atoms with E-state index in [2.05, 4.69) is 226 Å². The van der Waals surface area contributed by atoms with Crippen LogP contribution in [0.1, 0.15) is 82.6 Å². The second-order valence-corrected chi connectivity index (χ2v) is 17.9. The van der Waals surface area contributed by atoms with Crippen molar-refractivity contribution >= 4 is 34.1 Å². The van der Waals surface area contributed by atoms with Gasteiger partial charge in [0.05, 0.1) is 0 Å². The molecule has 2 aliphatic rings. The lowest BCUT2D eigenvalue weighted by Gasteiger charge is -2.45. The third kappa shape index (κ3) is 6.65. The van der Waals surface area contributed by atoms with Crippen LogP contribution in [0.4, 0.5) is 34.1 Å². The normalized spacial score (nSPS) is 18.4. The van der Waals surface area contributed by atoms with E-state index in [0.29, 0.717) is 11.3 Å². The lowest BCUT2D eigenvalue weighted by Crippen LogP contribution is -2.36. The fraction of sp³-hybridized carbons (Fsp3) is 0.236. The van der Waals surface area contributed by atoms with Crippen molar-refractivity contribution in [1.29, 1.82) is 0 Å². The molecular formula is C55H54N2. The van der Waals surface area contributed by atoms with Crippen molar-refractivity contribution in [2.45, 2.75) is 71.1 Å². The van der Waals surface area contributed by atoms with Crippen molar-refractivity contribution in [3.8, 4) is 11.1 Å². The number of hydrogen-bond acceptors (Lipinski definition) is 2. The predicted octanol–water partition coefficient (Wildman–Crippen LogP) is 15.5. The maximum absolute atomic E-state index is 2.43. The first-order chi connectivity index (χ1) is 27.6. The molecule has 9 rings (SSSR count). The minimum absolute atomic E-state index is 0.0654. The van der Waals surface area contributed by atoms with E-state index in [1.54, 1.807) is 0 Å². The molecule has 2 aliphatic carbocycles. The van der Waals surface area contributed by atoms with Gasteiger partial charge in [0.15, 0.2) is 0 Å². The van der Waals surface area contributed by atoms with Crippen LogP contribution < -0.4 is 9.80 Å². The highest BCUT2D eigenvalue weighted by atomic mass is 15.1. The molecule has 1 fully saturated rings. The Morgan fingerprint density at radius 3 is 1.28 bits per heavy atom. The lowest BCUT2D eigenvalue weighted by atomic mass is 9.59. The second kappa shape index (κ2) is 14.6. The van der Waals surface area contributed by atoms with Crippen LogP contribution in [0.15, 0.2) is 182 Å². The van der Waals surface area contributed by atoms with Crippen molar-refractivity contribution < 1.29 is 0 Å².